The Morgan fingerprint density at radius 3 is 2.25 bits per heavy atom. The highest BCUT2D eigenvalue weighted by Gasteiger charge is 2.53. The van der Waals surface area contributed by atoms with Gasteiger partial charge in [0, 0.05) is 44.9 Å². The van der Waals surface area contributed by atoms with Gasteiger partial charge in [-0.25, -0.2) is 4.68 Å². The number of aromatic nitrogens is 3. The van der Waals surface area contributed by atoms with Gasteiger partial charge in [0.15, 0.2) is 36.0 Å². The second-order valence-corrected chi connectivity index (χ2v) is 11.8. The molecule has 1 aromatic heterocycles. The minimum Gasteiger partial charge on any atom is -0.493 e. The third-order valence-electron chi connectivity index (χ3n) is 8.11. The standard InChI is InChI=1S/C35H37N5O13/c1-17(41)47-16-28-31(49-18(2)42)32(50-19(3)43)33(51-20(4)44)35(53-28)40-14-21(38-39-40)15-48-22-10-11-23-27(12-22)52-34(37)25(13-36)29(23)24-8-7-9-26(45-5)30(24)46-6/h7-12,14,28-29,31-33,35H,15-16,37H2,1-6H3/t28-,29?,31-,32+,33-,35-/m1/s1. The van der Waals surface area contributed by atoms with Crippen LogP contribution in [0.4, 0.5) is 0 Å². The maximum absolute atomic E-state index is 12.2. The molecule has 2 aromatic carbocycles. The summed E-state index contributed by atoms with van der Waals surface area (Å²) in [5.74, 6) is -2.04. The first-order chi connectivity index (χ1) is 25.3. The van der Waals surface area contributed by atoms with Crippen molar-refractivity contribution in [1.82, 2.24) is 15.0 Å². The van der Waals surface area contributed by atoms with Crippen molar-refractivity contribution < 1.29 is 61.8 Å². The maximum atomic E-state index is 12.2. The van der Waals surface area contributed by atoms with E-state index in [9.17, 15) is 24.4 Å². The largest absolute Gasteiger partial charge is 0.493 e. The van der Waals surface area contributed by atoms with Crippen molar-refractivity contribution in [1.29, 1.82) is 5.26 Å². The van der Waals surface area contributed by atoms with E-state index in [-0.39, 0.29) is 18.1 Å². The molecular weight excluding hydrogens is 698 g/mol. The fourth-order valence-corrected chi connectivity index (χ4v) is 6.06. The van der Waals surface area contributed by atoms with Gasteiger partial charge in [-0.2, -0.15) is 5.26 Å². The van der Waals surface area contributed by atoms with Gasteiger partial charge in [-0.3, -0.25) is 19.2 Å². The molecule has 18 nitrogen and oxygen atoms in total. The van der Waals surface area contributed by atoms with Gasteiger partial charge < -0.3 is 48.4 Å². The molecule has 0 saturated carbocycles. The number of allylic oxidation sites excluding steroid dienone is 1. The number of nitriles is 1. The topological polar surface area (TPSA) is 232 Å². The zero-order valence-corrected chi connectivity index (χ0v) is 29.6. The minimum absolute atomic E-state index is 0.0835. The highest BCUT2D eigenvalue weighted by molar-refractivity contribution is 5.69. The second-order valence-electron chi connectivity index (χ2n) is 11.8. The molecule has 0 spiro atoms. The third kappa shape index (κ3) is 8.42. The fraction of sp³-hybridized carbons (Fsp3) is 0.400. The van der Waals surface area contributed by atoms with Crippen molar-refractivity contribution >= 4 is 23.9 Å². The molecule has 1 fully saturated rings. The molecule has 2 N–H and O–H groups in total. The van der Waals surface area contributed by atoms with Crippen LogP contribution < -0.4 is 24.7 Å². The van der Waals surface area contributed by atoms with Crippen LogP contribution in [0.3, 0.4) is 0 Å². The van der Waals surface area contributed by atoms with Gasteiger partial charge in [0.1, 0.15) is 48.2 Å². The lowest BCUT2D eigenvalue weighted by atomic mass is 9.83. The molecule has 0 radical (unpaired) electrons. The zero-order chi connectivity index (χ0) is 38.4. The molecular formula is C35H37N5O13. The van der Waals surface area contributed by atoms with E-state index in [2.05, 4.69) is 16.4 Å². The molecule has 53 heavy (non-hydrogen) atoms. The van der Waals surface area contributed by atoms with E-state index in [0.29, 0.717) is 39.8 Å². The van der Waals surface area contributed by atoms with Crippen LogP contribution in [0.25, 0.3) is 0 Å². The molecule has 280 valence electrons. The average Bonchev–Trinajstić information content (AvgIpc) is 3.58. The molecule has 5 rings (SSSR count). The number of hydrogen-bond donors (Lipinski definition) is 1. The Hall–Kier alpha value is -6.35. The summed E-state index contributed by atoms with van der Waals surface area (Å²) in [4.78, 5) is 48.1. The van der Waals surface area contributed by atoms with Crippen LogP contribution in [0.5, 0.6) is 23.0 Å². The van der Waals surface area contributed by atoms with Crippen molar-refractivity contribution in [2.45, 2.75) is 70.9 Å². The summed E-state index contributed by atoms with van der Waals surface area (Å²) in [6.45, 7) is 4.05. The van der Waals surface area contributed by atoms with Crippen molar-refractivity contribution in [3.8, 4) is 29.1 Å². The number of nitrogens with two attached hydrogens (primary N) is 1. The SMILES string of the molecule is COc1cccc(C2C(C#N)=C(N)Oc3cc(OCc4cn([C@@H]5O[C@H](COC(C)=O)[C@@H](OC(C)=O)[C@H](OC(C)=O)[C@H]5OC(C)=O)nn4)ccc32)c1OC. The number of carbonyl (C=O) groups is 4. The van der Waals surface area contributed by atoms with E-state index in [1.165, 1.54) is 32.0 Å². The first kappa shape index (κ1) is 37.9. The van der Waals surface area contributed by atoms with Gasteiger partial charge >= 0.3 is 23.9 Å². The Labute approximate surface area is 303 Å². The van der Waals surface area contributed by atoms with Crippen LogP contribution in [0.1, 0.15) is 56.7 Å². The molecule has 0 aliphatic carbocycles. The van der Waals surface area contributed by atoms with E-state index < -0.39 is 67.0 Å². The Bertz CT molecular complexity index is 1950. The van der Waals surface area contributed by atoms with Crippen LogP contribution in [0, 0.1) is 11.3 Å². The normalized spacial score (nSPS) is 21.9. The fourth-order valence-electron chi connectivity index (χ4n) is 6.06. The van der Waals surface area contributed by atoms with Crippen molar-refractivity contribution in [3.63, 3.8) is 0 Å². The number of methoxy groups -OCH3 is 2. The summed E-state index contributed by atoms with van der Waals surface area (Å²) < 4.78 is 51.9. The summed E-state index contributed by atoms with van der Waals surface area (Å²) in [6, 6.07) is 12.5. The Kier molecular flexibility index (Phi) is 11.7. The lowest BCUT2D eigenvalue weighted by Gasteiger charge is -2.44. The van der Waals surface area contributed by atoms with E-state index in [1.807, 2.05) is 6.07 Å². The number of ether oxygens (including phenoxy) is 9. The van der Waals surface area contributed by atoms with Crippen LogP contribution in [0.2, 0.25) is 0 Å². The first-order valence-electron chi connectivity index (χ1n) is 16.1. The van der Waals surface area contributed by atoms with E-state index in [0.717, 1.165) is 20.8 Å². The maximum Gasteiger partial charge on any atom is 0.303 e. The Morgan fingerprint density at radius 1 is 0.906 bits per heavy atom. The molecule has 1 saturated heterocycles. The van der Waals surface area contributed by atoms with Gasteiger partial charge in [0.25, 0.3) is 0 Å². The minimum atomic E-state index is -1.39. The smallest absolute Gasteiger partial charge is 0.303 e. The monoisotopic (exact) mass is 735 g/mol. The number of hydrogen-bond acceptors (Lipinski definition) is 17. The van der Waals surface area contributed by atoms with Crippen molar-refractivity contribution in [3.05, 3.63) is 70.9 Å². The van der Waals surface area contributed by atoms with E-state index in [1.54, 1.807) is 30.3 Å². The number of benzene rings is 2. The van der Waals surface area contributed by atoms with Gasteiger partial charge in [-0.05, 0) is 12.1 Å². The van der Waals surface area contributed by atoms with E-state index in [4.69, 9.17) is 48.4 Å². The van der Waals surface area contributed by atoms with Crippen LogP contribution in [-0.4, -0.2) is 84.1 Å². The highest BCUT2D eigenvalue weighted by Crippen LogP contribution is 2.48. The van der Waals surface area contributed by atoms with Gasteiger partial charge in [0.2, 0.25) is 5.88 Å². The molecule has 18 heteroatoms. The number of rotatable bonds is 12. The van der Waals surface area contributed by atoms with Crippen LogP contribution >= 0.6 is 0 Å². The predicted molar refractivity (Wildman–Crippen MR) is 177 cm³/mol. The third-order valence-corrected chi connectivity index (χ3v) is 8.11. The molecule has 0 amide bonds. The summed E-state index contributed by atoms with van der Waals surface area (Å²) >= 11 is 0. The van der Waals surface area contributed by atoms with Gasteiger partial charge in [-0.1, -0.05) is 23.4 Å². The number of fused-ring (bicyclic) bond motifs is 1. The molecule has 3 heterocycles. The average molecular weight is 736 g/mol. The molecule has 2 aliphatic rings. The van der Waals surface area contributed by atoms with Crippen LogP contribution in [0.15, 0.2) is 54.1 Å². The summed E-state index contributed by atoms with van der Waals surface area (Å²) in [5.41, 5.74) is 7.97. The number of carbonyl (C=O) groups excluding carboxylic acids is 4. The highest BCUT2D eigenvalue weighted by atomic mass is 16.7. The Morgan fingerprint density at radius 2 is 1.60 bits per heavy atom. The zero-order valence-electron chi connectivity index (χ0n) is 29.6. The molecule has 1 unspecified atom stereocenters. The summed E-state index contributed by atoms with van der Waals surface area (Å²) in [6.07, 6.45) is -5.11. The molecule has 2 aliphatic heterocycles. The molecule has 3 aromatic rings. The lowest BCUT2D eigenvalue weighted by Crippen LogP contribution is -2.60. The lowest BCUT2D eigenvalue weighted by molar-refractivity contribution is -0.270. The Balaban J connectivity index is 1.41. The van der Waals surface area contributed by atoms with Crippen molar-refractivity contribution in [2.24, 2.45) is 5.73 Å². The quantitative estimate of drug-likeness (QED) is 0.208. The number of para-hydroxylation sites is 1. The van der Waals surface area contributed by atoms with E-state index >= 15 is 0 Å². The van der Waals surface area contributed by atoms with Gasteiger partial charge in [0.05, 0.1) is 26.3 Å². The van der Waals surface area contributed by atoms with Gasteiger partial charge in [-0.15, -0.1) is 5.10 Å². The summed E-state index contributed by atoms with van der Waals surface area (Å²) in [7, 11) is 3.02. The molecule has 6 atom stereocenters. The molecule has 0 bridgehead atoms. The second kappa shape index (κ2) is 16.3. The predicted octanol–water partition coefficient (Wildman–Crippen LogP) is 2.35. The van der Waals surface area contributed by atoms with Crippen LogP contribution in [-0.2, 0) is 49.5 Å². The number of esters is 4. The number of nitrogens with zero attached hydrogens (tertiary/aromatic N) is 4. The van der Waals surface area contributed by atoms with Crippen molar-refractivity contribution in [2.75, 3.05) is 20.8 Å². The first-order valence-corrected chi connectivity index (χ1v) is 16.1. The summed E-state index contributed by atoms with van der Waals surface area (Å²) in [5, 5.41) is 18.3.